The van der Waals surface area contributed by atoms with Crippen molar-refractivity contribution in [3.63, 3.8) is 0 Å². The first-order valence-electron chi connectivity index (χ1n) is 5.66. The summed E-state index contributed by atoms with van der Waals surface area (Å²) in [4.78, 5) is 0. The molecule has 2 N–H and O–H groups in total. The predicted octanol–water partition coefficient (Wildman–Crippen LogP) is 3.22. The van der Waals surface area contributed by atoms with Crippen LogP contribution in [0, 0.1) is 0 Å². The van der Waals surface area contributed by atoms with E-state index >= 15 is 0 Å². The molecule has 2 nitrogen and oxygen atoms in total. The summed E-state index contributed by atoms with van der Waals surface area (Å²) in [5.41, 5.74) is 5.03. The monoisotopic (exact) mass is 209 g/mol. The zero-order valence-electron chi connectivity index (χ0n) is 10.1. The van der Waals surface area contributed by atoms with Crippen LogP contribution >= 0.6 is 0 Å². The standard InChI is InChI=1S/C10H14O.C3H9N/c1-3-9(2)11-10-7-5-4-6-8-10;1-2-3-4/h4-9H,3H2,1-2H3;2-4H2,1H3. The molecule has 0 radical (unpaired) electrons. The zero-order chi connectivity index (χ0) is 11.5. The Morgan fingerprint density at radius 1 is 1.20 bits per heavy atom. The van der Waals surface area contributed by atoms with Crippen molar-refractivity contribution in [2.24, 2.45) is 5.73 Å². The number of para-hydroxylation sites is 1. The normalized spacial score (nSPS) is 11.2. The van der Waals surface area contributed by atoms with E-state index in [1.54, 1.807) is 0 Å². The van der Waals surface area contributed by atoms with Crippen LogP contribution in [-0.4, -0.2) is 12.6 Å². The first-order valence-corrected chi connectivity index (χ1v) is 5.66. The molecular weight excluding hydrogens is 186 g/mol. The van der Waals surface area contributed by atoms with E-state index in [4.69, 9.17) is 10.5 Å². The van der Waals surface area contributed by atoms with Crippen molar-refractivity contribution in [1.82, 2.24) is 0 Å². The number of benzene rings is 1. The van der Waals surface area contributed by atoms with Crippen LogP contribution in [-0.2, 0) is 0 Å². The molecule has 1 atom stereocenters. The second-order valence-corrected chi connectivity index (χ2v) is 3.44. The van der Waals surface area contributed by atoms with Gasteiger partial charge < -0.3 is 10.5 Å². The van der Waals surface area contributed by atoms with E-state index in [9.17, 15) is 0 Å². The number of nitrogens with two attached hydrogens (primary N) is 1. The first kappa shape index (κ1) is 14.0. The first-order chi connectivity index (χ1) is 7.24. The minimum Gasteiger partial charge on any atom is -0.491 e. The van der Waals surface area contributed by atoms with Crippen LogP contribution in [0.25, 0.3) is 0 Å². The Morgan fingerprint density at radius 2 is 1.73 bits per heavy atom. The van der Waals surface area contributed by atoms with Crippen LogP contribution in [0.3, 0.4) is 0 Å². The van der Waals surface area contributed by atoms with Gasteiger partial charge in [0.1, 0.15) is 5.75 Å². The van der Waals surface area contributed by atoms with Crippen LogP contribution in [0.2, 0.25) is 0 Å². The van der Waals surface area contributed by atoms with Crippen LogP contribution in [0.4, 0.5) is 0 Å². The Kier molecular flexibility index (Phi) is 8.88. The highest BCUT2D eigenvalue weighted by Crippen LogP contribution is 2.11. The van der Waals surface area contributed by atoms with Crippen molar-refractivity contribution in [1.29, 1.82) is 0 Å². The van der Waals surface area contributed by atoms with Gasteiger partial charge >= 0.3 is 0 Å². The molecule has 1 unspecified atom stereocenters. The number of hydrogen-bond donors (Lipinski definition) is 1. The second kappa shape index (κ2) is 9.53. The van der Waals surface area contributed by atoms with E-state index < -0.39 is 0 Å². The summed E-state index contributed by atoms with van der Waals surface area (Å²) in [6.45, 7) is 7.07. The molecule has 86 valence electrons. The average molecular weight is 209 g/mol. The van der Waals surface area contributed by atoms with Gasteiger partial charge in [-0.15, -0.1) is 0 Å². The van der Waals surface area contributed by atoms with Crippen molar-refractivity contribution in [2.75, 3.05) is 6.54 Å². The SMILES string of the molecule is CCC(C)Oc1ccccc1.CCCN. The molecule has 0 amide bonds. The fourth-order valence-corrected chi connectivity index (χ4v) is 0.815. The van der Waals surface area contributed by atoms with Gasteiger partial charge in [-0.2, -0.15) is 0 Å². The molecule has 0 saturated heterocycles. The molecule has 0 fully saturated rings. The van der Waals surface area contributed by atoms with Crippen LogP contribution < -0.4 is 10.5 Å². The number of rotatable bonds is 4. The summed E-state index contributed by atoms with van der Waals surface area (Å²) in [5.74, 6) is 0.960. The number of ether oxygens (including phenoxy) is 1. The highest BCUT2D eigenvalue weighted by molar-refractivity contribution is 5.21. The van der Waals surface area contributed by atoms with Gasteiger partial charge in [0.25, 0.3) is 0 Å². The van der Waals surface area contributed by atoms with E-state index in [1.165, 1.54) is 0 Å². The lowest BCUT2D eigenvalue weighted by Gasteiger charge is -2.11. The molecule has 0 aliphatic carbocycles. The summed E-state index contributed by atoms with van der Waals surface area (Å²) in [6, 6.07) is 9.91. The quantitative estimate of drug-likeness (QED) is 0.826. The Labute approximate surface area is 93.4 Å². The second-order valence-electron chi connectivity index (χ2n) is 3.44. The van der Waals surface area contributed by atoms with Gasteiger partial charge in [0.2, 0.25) is 0 Å². The van der Waals surface area contributed by atoms with E-state index in [2.05, 4.69) is 20.8 Å². The van der Waals surface area contributed by atoms with Gasteiger partial charge in [0, 0.05) is 0 Å². The van der Waals surface area contributed by atoms with Gasteiger partial charge in [-0.3, -0.25) is 0 Å². The van der Waals surface area contributed by atoms with E-state index in [0.717, 1.165) is 25.1 Å². The lowest BCUT2D eigenvalue weighted by atomic mass is 10.3. The largest absolute Gasteiger partial charge is 0.491 e. The van der Waals surface area contributed by atoms with Gasteiger partial charge in [-0.05, 0) is 38.4 Å². The Balaban J connectivity index is 0.000000423. The summed E-state index contributed by atoms with van der Waals surface area (Å²) in [7, 11) is 0. The maximum atomic E-state index is 5.56. The molecular formula is C13H23NO. The third kappa shape index (κ3) is 8.01. The van der Waals surface area contributed by atoms with Crippen LogP contribution in [0.5, 0.6) is 5.75 Å². The third-order valence-corrected chi connectivity index (χ3v) is 1.94. The zero-order valence-corrected chi connectivity index (χ0v) is 10.1. The molecule has 0 aliphatic rings. The molecule has 15 heavy (non-hydrogen) atoms. The molecule has 1 aromatic rings. The predicted molar refractivity (Wildman–Crippen MR) is 66.2 cm³/mol. The van der Waals surface area contributed by atoms with Gasteiger partial charge in [-0.1, -0.05) is 32.0 Å². The summed E-state index contributed by atoms with van der Waals surface area (Å²) in [5, 5.41) is 0. The van der Waals surface area contributed by atoms with Crippen LogP contribution in [0.1, 0.15) is 33.6 Å². The minimum atomic E-state index is 0.317. The van der Waals surface area contributed by atoms with Crippen molar-refractivity contribution in [2.45, 2.75) is 39.7 Å². The lowest BCUT2D eigenvalue weighted by Crippen LogP contribution is -2.09. The molecule has 0 saturated carbocycles. The van der Waals surface area contributed by atoms with Crippen molar-refractivity contribution in [3.05, 3.63) is 30.3 Å². The summed E-state index contributed by atoms with van der Waals surface area (Å²) >= 11 is 0. The third-order valence-electron chi connectivity index (χ3n) is 1.94. The lowest BCUT2D eigenvalue weighted by molar-refractivity contribution is 0.217. The van der Waals surface area contributed by atoms with Crippen LogP contribution in [0.15, 0.2) is 30.3 Å². The maximum Gasteiger partial charge on any atom is 0.119 e. The van der Waals surface area contributed by atoms with Gasteiger partial charge in [-0.25, -0.2) is 0 Å². The van der Waals surface area contributed by atoms with Crippen molar-refractivity contribution in [3.8, 4) is 5.75 Å². The molecule has 2 heteroatoms. The van der Waals surface area contributed by atoms with E-state index in [-0.39, 0.29) is 0 Å². The highest BCUT2D eigenvalue weighted by atomic mass is 16.5. The Morgan fingerprint density at radius 3 is 2.13 bits per heavy atom. The highest BCUT2D eigenvalue weighted by Gasteiger charge is 1.97. The fraction of sp³-hybridized carbons (Fsp3) is 0.538. The van der Waals surface area contributed by atoms with Crippen molar-refractivity contribution < 1.29 is 4.74 Å². The average Bonchev–Trinajstić information content (AvgIpc) is 2.30. The smallest absolute Gasteiger partial charge is 0.119 e. The topological polar surface area (TPSA) is 35.2 Å². The van der Waals surface area contributed by atoms with E-state index in [0.29, 0.717) is 6.10 Å². The van der Waals surface area contributed by atoms with Gasteiger partial charge in [0.15, 0.2) is 0 Å². The number of hydrogen-bond acceptors (Lipinski definition) is 2. The Hall–Kier alpha value is -1.02. The molecule has 0 spiro atoms. The van der Waals surface area contributed by atoms with E-state index in [1.807, 2.05) is 30.3 Å². The van der Waals surface area contributed by atoms with Gasteiger partial charge in [0.05, 0.1) is 6.10 Å². The maximum absolute atomic E-state index is 5.56. The molecule has 0 aliphatic heterocycles. The molecule has 1 aromatic carbocycles. The Bertz CT molecular complexity index is 221. The minimum absolute atomic E-state index is 0.317. The fourth-order valence-electron chi connectivity index (χ4n) is 0.815. The molecule has 0 aromatic heterocycles. The summed E-state index contributed by atoms with van der Waals surface area (Å²) in [6.07, 6.45) is 2.46. The molecule has 0 heterocycles. The molecule has 1 rings (SSSR count). The summed E-state index contributed by atoms with van der Waals surface area (Å²) < 4.78 is 5.56. The molecule has 0 bridgehead atoms. The van der Waals surface area contributed by atoms with Crippen molar-refractivity contribution >= 4 is 0 Å².